The highest BCUT2D eigenvalue weighted by molar-refractivity contribution is 7.89. The van der Waals surface area contributed by atoms with E-state index >= 15 is 0 Å². The first-order valence-corrected chi connectivity index (χ1v) is 13.1. The molecule has 3 rings (SSSR count). The molecule has 1 aromatic rings. The summed E-state index contributed by atoms with van der Waals surface area (Å²) in [6, 6.07) is 5.48. The fourth-order valence-corrected chi connectivity index (χ4v) is 6.06. The smallest absolute Gasteiger partial charge is 0.243 e. The Morgan fingerprint density at radius 2 is 1.97 bits per heavy atom. The third kappa shape index (κ3) is 7.35. The molecule has 0 aliphatic carbocycles. The third-order valence-electron chi connectivity index (χ3n) is 5.87. The van der Waals surface area contributed by atoms with Gasteiger partial charge in [-0.2, -0.15) is 4.31 Å². The number of benzene rings is 1. The molecule has 4 atom stereocenters. The van der Waals surface area contributed by atoms with Crippen LogP contribution in [0.15, 0.2) is 29.2 Å². The molecule has 11 heteroatoms. The zero-order valence-electron chi connectivity index (χ0n) is 19.2. The zero-order valence-corrected chi connectivity index (χ0v) is 20.7. The molecule has 2 N–H and O–H groups in total. The molecule has 2 aliphatic heterocycles. The minimum atomic E-state index is -3.89. The molecule has 1 aromatic carbocycles. The second kappa shape index (κ2) is 11.9. The molecule has 33 heavy (non-hydrogen) atoms. The maximum absolute atomic E-state index is 13.4. The lowest BCUT2D eigenvalue weighted by atomic mass is 9.96. The van der Waals surface area contributed by atoms with Crippen LogP contribution in [0.25, 0.3) is 0 Å². The Morgan fingerprint density at radius 3 is 2.67 bits per heavy atom. The predicted molar refractivity (Wildman–Crippen MR) is 125 cm³/mol. The first kappa shape index (κ1) is 26.3. The molecule has 9 nitrogen and oxygen atoms in total. The number of amides is 1. The van der Waals surface area contributed by atoms with Crippen LogP contribution in [-0.2, 0) is 24.3 Å². The van der Waals surface area contributed by atoms with Gasteiger partial charge in [-0.15, -0.1) is 0 Å². The lowest BCUT2D eigenvalue weighted by Crippen LogP contribution is -2.57. The van der Waals surface area contributed by atoms with Crippen molar-refractivity contribution in [1.82, 2.24) is 14.5 Å². The van der Waals surface area contributed by atoms with Crippen LogP contribution >= 0.6 is 11.6 Å². The average molecular weight is 504 g/mol. The Balaban J connectivity index is 1.67. The highest BCUT2D eigenvalue weighted by atomic mass is 35.5. The molecule has 2 heterocycles. The number of aliphatic hydroxyl groups is 1. The van der Waals surface area contributed by atoms with E-state index < -0.39 is 28.3 Å². The number of nitrogens with zero attached hydrogens (tertiary/aromatic N) is 2. The van der Waals surface area contributed by atoms with Crippen molar-refractivity contribution >= 4 is 27.5 Å². The predicted octanol–water partition coefficient (Wildman–Crippen LogP) is 1.10. The second-order valence-corrected chi connectivity index (χ2v) is 11.2. The fourth-order valence-electron chi connectivity index (χ4n) is 4.21. The van der Waals surface area contributed by atoms with Gasteiger partial charge in [0.2, 0.25) is 15.9 Å². The lowest BCUT2D eigenvalue weighted by Gasteiger charge is -2.43. The minimum Gasteiger partial charge on any atom is -0.389 e. The van der Waals surface area contributed by atoms with E-state index in [0.717, 1.165) is 13.0 Å². The Labute approximate surface area is 201 Å². The van der Waals surface area contributed by atoms with Gasteiger partial charge in [-0.3, -0.25) is 4.79 Å². The Hall–Kier alpha value is -1.27. The van der Waals surface area contributed by atoms with Gasteiger partial charge >= 0.3 is 0 Å². The van der Waals surface area contributed by atoms with E-state index in [0.29, 0.717) is 24.4 Å². The van der Waals surface area contributed by atoms with Gasteiger partial charge in [0.05, 0.1) is 48.9 Å². The van der Waals surface area contributed by atoms with Crippen molar-refractivity contribution < 1.29 is 27.8 Å². The van der Waals surface area contributed by atoms with Crippen molar-refractivity contribution in [2.75, 3.05) is 46.9 Å². The monoisotopic (exact) mass is 503 g/mol. The van der Waals surface area contributed by atoms with Gasteiger partial charge in [0.15, 0.2) is 0 Å². The summed E-state index contributed by atoms with van der Waals surface area (Å²) in [5.74, 6) is -0.0787. The maximum Gasteiger partial charge on any atom is 0.243 e. The number of β-amino-alcohol motifs (C(OH)–C–C–N with tert-alkyl or cyclic N) is 1. The fraction of sp³-hybridized carbons (Fsp3) is 0.682. The normalized spacial score (nSPS) is 26.9. The highest BCUT2D eigenvalue weighted by Gasteiger charge is 2.43. The summed E-state index contributed by atoms with van der Waals surface area (Å²) in [5, 5.41) is 13.6. The molecule has 0 saturated carbocycles. The van der Waals surface area contributed by atoms with Crippen molar-refractivity contribution in [1.29, 1.82) is 0 Å². The second-order valence-electron chi connectivity index (χ2n) is 8.87. The summed E-state index contributed by atoms with van der Waals surface area (Å²) in [7, 11) is 0.0851. The molecule has 0 aromatic heterocycles. The van der Waals surface area contributed by atoms with Gasteiger partial charge < -0.3 is 24.8 Å². The van der Waals surface area contributed by atoms with Crippen LogP contribution in [0.2, 0.25) is 5.02 Å². The van der Waals surface area contributed by atoms with E-state index in [-0.39, 0.29) is 43.1 Å². The number of hydrogen-bond acceptors (Lipinski definition) is 7. The van der Waals surface area contributed by atoms with Crippen LogP contribution in [0.1, 0.15) is 25.7 Å². The van der Waals surface area contributed by atoms with Crippen LogP contribution in [0.4, 0.5) is 0 Å². The molecule has 1 amide bonds. The van der Waals surface area contributed by atoms with Gasteiger partial charge in [-0.25, -0.2) is 8.42 Å². The molecular formula is C22H34ClN3O6S. The summed E-state index contributed by atoms with van der Waals surface area (Å²) in [5.41, 5.74) is 0. The summed E-state index contributed by atoms with van der Waals surface area (Å²) in [4.78, 5) is 14.5. The molecular weight excluding hydrogens is 470 g/mol. The molecule has 2 fully saturated rings. The Kier molecular flexibility index (Phi) is 9.52. The number of fused-ring (bicyclic) bond motifs is 1. The van der Waals surface area contributed by atoms with Crippen LogP contribution in [0.3, 0.4) is 0 Å². The number of carbonyl (C=O) groups excluding carboxylic acids is 1. The zero-order chi connectivity index (χ0) is 24.0. The number of rotatable bonds is 8. The van der Waals surface area contributed by atoms with E-state index in [1.54, 1.807) is 0 Å². The topological polar surface area (TPSA) is 108 Å². The average Bonchev–Trinajstić information content (AvgIpc) is 2.74. The van der Waals surface area contributed by atoms with Crippen LogP contribution in [0, 0.1) is 0 Å². The molecule has 0 bridgehead atoms. The quantitative estimate of drug-likeness (QED) is 0.511. The number of aliphatic hydroxyl groups excluding tert-OH is 1. The molecule has 0 spiro atoms. The van der Waals surface area contributed by atoms with Crippen molar-refractivity contribution in [2.45, 2.75) is 54.9 Å². The molecule has 0 radical (unpaired) electrons. The standard InChI is InChI=1S/C22H34ClN3O6S/c1-25(2)11-3-10-24-22(28)12-18-6-9-20-21(32-18)15-31-14-17(27)13-26(20)33(29,30)19-7-4-16(23)5-8-19/h4-5,7-8,17-18,20-21,27H,3,6,9-15H2,1-2H3,(H,24,28)/t17-,18+,20+,21-/m0/s1. The Bertz CT molecular complexity index is 883. The maximum atomic E-state index is 13.4. The first-order chi connectivity index (χ1) is 15.7. The van der Waals surface area contributed by atoms with Gasteiger partial charge in [0.25, 0.3) is 0 Å². The lowest BCUT2D eigenvalue weighted by molar-refractivity contribution is -0.146. The van der Waals surface area contributed by atoms with Crippen LogP contribution < -0.4 is 5.32 Å². The SMILES string of the molecule is CN(C)CCCNC(=O)C[C@H]1CC[C@@H]2[C@H](COC[C@@H](O)CN2S(=O)(=O)c2ccc(Cl)cc2)O1. The largest absolute Gasteiger partial charge is 0.389 e. The van der Waals surface area contributed by atoms with E-state index in [2.05, 4.69) is 10.2 Å². The summed E-state index contributed by atoms with van der Waals surface area (Å²) < 4.78 is 39.9. The van der Waals surface area contributed by atoms with Gasteiger partial charge in [-0.1, -0.05) is 11.6 Å². The van der Waals surface area contributed by atoms with Crippen molar-refractivity contribution in [3.63, 3.8) is 0 Å². The number of ether oxygens (including phenoxy) is 2. The molecule has 186 valence electrons. The van der Waals surface area contributed by atoms with Crippen LogP contribution in [0.5, 0.6) is 0 Å². The number of nitrogens with one attached hydrogen (secondary N) is 1. The van der Waals surface area contributed by atoms with Crippen molar-refractivity contribution in [3.05, 3.63) is 29.3 Å². The summed E-state index contributed by atoms with van der Waals surface area (Å²) in [6.45, 7) is 1.56. The Morgan fingerprint density at radius 1 is 1.24 bits per heavy atom. The van der Waals surface area contributed by atoms with E-state index in [1.165, 1.54) is 28.6 Å². The van der Waals surface area contributed by atoms with Gasteiger partial charge in [-0.05, 0) is 64.2 Å². The summed E-state index contributed by atoms with van der Waals surface area (Å²) in [6.07, 6.45) is 0.341. The number of hydrogen-bond donors (Lipinski definition) is 2. The molecule has 0 unspecified atom stereocenters. The molecule has 2 aliphatic rings. The van der Waals surface area contributed by atoms with Crippen molar-refractivity contribution in [3.8, 4) is 0 Å². The minimum absolute atomic E-state index is 0.0102. The van der Waals surface area contributed by atoms with Crippen molar-refractivity contribution in [2.24, 2.45) is 0 Å². The van der Waals surface area contributed by atoms with E-state index in [9.17, 15) is 18.3 Å². The van der Waals surface area contributed by atoms with Gasteiger partial charge in [0.1, 0.15) is 0 Å². The summed E-state index contributed by atoms with van der Waals surface area (Å²) >= 11 is 5.92. The number of carbonyl (C=O) groups is 1. The number of sulfonamides is 1. The van der Waals surface area contributed by atoms with Gasteiger partial charge in [0, 0.05) is 18.1 Å². The highest BCUT2D eigenvalue weighted by Crippen LogP contribution is 2.31. The molecule has 2 saturated heterocycles. The first-order valence-electron chi connectivity index (χ1n) is 11.3. The van der Waals surface area contributed by atoms with E-state index in [4.69, 9.17) is 21.1 Å². The van der Waals surface area contributed by atoms with E-state index in [1.807, 2.05) is 14.1 Å². The van der Waals surface area contributed by atoms with Crippen LogP contribution in [-0.4, -0.2) is 99.9 Å². The third-order valence-corrected chi connectivity index (χ3v) is 8.03. The number of halogens is 1.